The summed E-state index contributed by atoms with van der Waals surface area (Å²) in [5.74, 6) is 0. The van der Waals surface area contributed by atoms with Crippen molar-refractivity contribution in [1.82, 2.24) is 9.78 Å². The fourth-order valence-corrected chi connectivity index (χ4v) is 7.20. The maximum atomic E-state index is 6.03. The third-order valence-electron chi connectivity index (χ3n) is 5.09. The van der Waals surface area contributed by atoms with Gasteiger partial charge in [-0.3, -0.25) is 0 Å². The van der Waals surface area contributed by atoms with Crippen LogP contribution in [0.2, 0.25) is 40.5 Å². The summed E-state index contributed by atoms with van der Waals surface area (Å²) < 4.78 is 9.60. The van der Waals surface area contributed by atoms with Gasteiger partial charge in [-0.15, -0.1) is 0 Å². The van der Waals surface area contributed by atoms with Crippen molar-refractivity contribution < 1.29 is 4.74 Å². The number of fused-ring (bicyclic) bond motifs is 1. The van der Waals surface area contributed by atoms with E-state index in [1.807, 2.05) is 10.7 Å². The molecule has 0 atom stereocenters. The van der Waals surface area contributed by atoms with E-state index < -0.39 is 26.5 Å². The van der Waals surface area contributed by atoms with Gasteiger partial charge in [0, 0.05) is 0 Å². The molecule has 0 aliphatic rings. The standard InChI is InChI=1S/C21H25N2OSi.3CH3.Sn/c1-25(2,3)16-15-24-17-23-21-12-8-7-11-19(21)20(22-23)14-13-18-9-5-4-6-10-18;;;;/h4-7,9-14H,15-17H2,1-3H3;3*1H3;/b14-13+;;;;. The molecule has 0 fully saturated rings. The number of nitrogens with zero attached hydrogens (tertiary/aromatic N) is 2. The van der Waals surface area contributed by atoms with Crippen molar-refractivity contribution >= 4 is 53.1 Å². The van der Waals surface area contributed by atoms with Crippen LogP contribution in [0.1, 0.15) is 11.3 Å². The minimum atomic E-state index is -2.16. The Labute approximate surface area is 180 Å². The summed E-state index contributed by atoms with van der Waals surface area (Å²) in [6.07, 6.45) is 4.26. The Morgan fingerprint density at radius 1 is 1.00 bits per heavy atom. The van der Waals surface area contributed by atoms with Gasteiger partial charge in [-0.2, -0.15) is 0 Å². The van der Waals surface area contributed by atoms with Gasteiger partial charge in [0.05, 0.1) is 0 Å². The van der Waals surface area contributed by atoms with E-state index in [0.717, 1.165) is 12.3 Å². The van der Waals surface area contributed by atoms with E-state index in [0.29, 0.717) is 6.73 Å². The molecule has 1 heterocycles. The molecule has 0 aliphatic carbocycles. The van der Waals surface area contributed by atoms with Crippen molar-refractivity contribution in [3.8, 4) is 0 Å². The van der Waals surface area contributed by atoms with Crippen LogP contribution in [0.4, 0.5) is 0 Å². The van der Waals surface area contributed by atoms with E-state index >= 15 is 0 Å². The maximum absolute atomic E-state index is 6.03. The van der Waals surface area contributed by atoms with Gasteiger partial charge in [0.25, 0.3) is 0 Å². The topological polar surface area (TPSA) is 27.1 Å². The number of hydrogen-bond acceptors (Lipinski definition) is 2. The summed E-state index contributed by atoms with van der Waals surface area (Å²) in [7, 11) is -1.09. The zero-order valence-electron chi connectivity index (χ0n) is 18.7. The minimum absolute atomic E-state index is 0.517. The molecule has 154 valence electrons. The summed E-state index contributed by atoms with van der Waals surface area (Å²) in [6.45, 7) is 8.48. The summed E-state index contributed by atoms with van der Waals surface area (Å²) in [4.78, 5) is 7.37. The molecule has 0 radical (unpaired) electrons. The van der Waals surface area contributed by atoms with Crippen LogP contribution in [0, 0.1) is 0 Å². The molecule has 0 unspecified atom stereocenters. The second-order valence-corrected chi connectivity index (χ2v) is 30.1. The van der Waals surface area contributed by atoms with Gasteiger partial charge in [-0.05, 0) is 0 Å². The predicted octanol–water partition coefficient (Wildman–Crippen LogP) is 6.06. The van der Waals surface area contributed by atoms with Gasteiger partial charge in [-0.1, -0.05) is 0 Å². The molecule has 0 amide bonds. The van der Waals surface area contributed by atoms with Crippen LogP contribution in [0.5, 0.6) is 0 Å². The monoisotopic (exact) mass is 514 g/mol. The molecular formula is C24H34N2OSiSn. The molecule has 3 nitrogen and oxygen atoms in total. The second-order valence-electron chi connectivity index (χ2n) is 9.96. The van der Waals surface area contributed by atoms with Gasteiger partial charge in [0.15, 0.2) is 0 Å². The first-order chi connectivity index (χ1) is 13.6. The van der Waals surface area contributed by atoms with Gasteiger partial charge >= 0.3 is 181 Å². The number of hydrogen-bond donors (Lipinski definition) is 0. The molecule has 0 aliphatic heterocycles. The normalized spacial score (nSPS) is 12.9. The third-order valence-corrected chi connectivity index (χ3v) is 12.6. The van der Waals surface area contributed by atoms with Gasteiger partial charge in [0.1, 0.15) is 0 Å². The first kappa shape index (κ1) is 22.3. The van der Waals surface area contributed by atoms with Crippen LogP contribution < -0.4 is 3.58 Å². The Bertz CT molecular complexity index is 982. The molecule has 3 rings (SSSR count). The number of benzene rings is 2. The molecule has 0 saturated carbocycles. The van der Waals surface area contributed by atoms with Gasteiger partial charge < -0.3 is 0 Å². The molecule has 1 aromatic heterocycles. The van der Waals surface area contributed by atoms with Crippen molar-refractivity contribution in [1.29, 1.82) is 0 Å². The third kappa shape index (κ3) is 6.30. The first-order valence-corrected chi connectivity index (χ1v) is 24.2. The zero-order valence-corrected chi connectivity index (χ0v) is 22.6. The van der Waals surface area contributed by atoms with Crippen molar-refractivity contribution in [2.75, 3.05) is 6.61 Å². The van der Waals surface area contributed by atoms with E-state index in [2.05, 4.69) is 89.1 Å². The molecule has 0 N–H and O–H groups in total. The van der Waals surface area contributed by atoms with Crippen molar-refractivity contribution in [2.24, 2.45) is 0 Å². The molecule has 5 heteroatoms. The molecule has 2 aromatic carbocycles. The zero-order chi connectivity index (χ0) is 21.1. The van der Waals surface area contributed by atoms with E-state index in [4.69, 9.17) is 9.84 Å². The van der Waals surface area contributed by atoms with E-state index in [-0.39, 0.29) is 0 Å². The van der Waals surface area contributed by atoms with Gasteiger partial charge in [-0.25, -0.2) is 0 Å². The molecule has 29 heavy (non-hydrogen) atoms. The molecule has 0 spiro atoms. The van der Waals surface area contributed by atoms with Crippen LogP contribution in [0.15, 0.2) is 48.5 Å². The summed E-state index contributed by atoms with van der Waals surface area (Å²) >= 11 is -2.16. The van der Waals surface area contributed by atoms with Crippen LogP contribution in [0.3, 0.4) is 0 Å². The molecule has 3 aromatic rings. The Balaban J connectivity index is 1.91. The summed E-state index contributed by atoms with van der Waals surface area (Å²) in [5.41, 5.74) is 3.38. The molecular weight excluding hydrogens is 479 g/mol. The van der Waals surface area contributed by atoms with Crippen LogP contribution >= 0.6 is 0 Å². The van der Waals surface area contributed by atoms with E-state index in [1.165, 1.54) is 26.1 Å². The second kappa shape index (κ2) is 9.19. The van der Waals surface area contributed by atoms with Crippen molar-refractivity contribution in [2.45, 2.75) is 47.2 Å². The Morgan fingerprint density at radius 2 is 1.72 bits per heavy atom. The van der Waals surface area contributed by atoms with Crippen molar-refractivity contribution in [3.63, 3.8) is 0 Å². The first-order valence-electron chi connectivity index (χ1n) is 10.5. The number of rotatable bonds is 8. The average molecular weight is 513 g/mol. The Morgan fingerprint density at radius 3 is 2.38 bits per heavy atom. The Hall–Kier alpha value is -1.37. The van der Waals surface area contributed by atoms with Crippen LogP contribution in [-0.4, -0.2) is 42.8 Å². The van der Waals surface area contributed by atoms with Crippen LogP contribution in [-0.2, 0) is 11.5 Å². The predicted molar refractivity (Wildman–Crippen MR) is 132 cm³/mol. The fourth-order valence-electron chi connectivity index (χ4n) is 3.16. The summed E-state index contributed by atoms with van der Waals surface area (Å²) in [5, 5.41) is 6.10. The van der Waals surface area contributed by atoms with Crippen LogP contribution in [0.25, 0.3) is 23.1 Å². The van der Waals surface area contributed by atoms with Crippen molar-refractivity contribution in [3.05, 3.63) is 59.8 Å². The quantitative estimate of drug-likeness (QED) is 0.270. The van der Waals surface area contributed by atoms with E-state index in [1.54, 1.807) is 0 Å². The van der Waals surface area contributed by atoms with E-state index in [9.17, 15) is 0 Å². The number of ether oxygens (including phenoxy) is 1. The SMILES string of the molecule is C[Si](C)(C)CCOCn1nc(/C=C/c2ccccc2)c2cc[c]([Sn]([CH3])([CH3])[CH3])cc21. The Kier molecular flexibility index (Phi) is 7.07. The summed E-state index contributed by atoms with van der Waals surface area (Å²) in [6, 6.07) is 18.5. The molecule has 0 bridgehead atoms. The van der Waals surface area contributed by atoms with Gasteiger partial charge in [0.2, 0.25) is 0 Å². The molecule has 0 saturated heterocycles. The number of aromatic nitrogens is 2. The fraction of sp³-hybridized carbons (Fsp3) is 0.375. The average Bonchev–Trinajstić information content (AvgIpc) is 3.00.